The fourth-order valence-electron chi connectivity index (χ4n) is 3.22. The zero-order chi connectivity index (χ0) is 20.8. The lowest BCUT2D eigenvalue weighted by Crippen LogP contribution is -2.10. The predicted molar refractivity (Wildman–Crippen MR) is 117 cm³/mol. The van der Waals surface area contributed by atoms with E-state index in [9.17, 15) is 10.5 Å². The highest BCUT2D eigenvalue weighted by Gasteiger charge is 2.17. The van der Waals surface area contributed by atoms with Crippen molar-refractivity contribution in [1.29, 1.82) is 10.5 Å². The van der Waals surface area contributed by atoms with Crippen LogP contribution in [0.4, 0.5) is 17.1 Å². The maximum absolute atomic E-state index is 9.27. The van der Waals surface area contributed by atoms with E-state index in [1.807, 2.05) is 84.9 Å². The maximum Gasteiger partial charge on any atom is 0.151 e. The lowest BCUT2D eigenvalue weighted by atomic mass is 10.1. The van der Waals surface area contributed by atoms with Gasteiger partial charge in [-0.3, -0.25) is 0 Å². The fourth-order valence-corrected chi connectivity index (χ4v) is 3.22. The van der Waals surface area contributed by atoms with Gasteiger partial charge in [-0.2, -0.15) is 10.5 Å². The summed E-state index contributed by atoms with van der Waals surface area (Å²) in [5, 5.41) is 18.5. The third kappa shape index (κ3) is 3.99. The first-order valence-electron chi connectivity index (χ1n) is 9.41. The average Bonchev–Trinajstić information content (AvgIpc) is 2.81. The van der Waals surface area contributed by atoms with Crippen molar-refractivity contribution in [3.8, 4) is 23.6 Å². The Balaban J connectivity index is 1.82. The molecule has 0 fully saturated rings. The Kier molecular flexibility index (Phi) is 5.42. The van der Waals surface area contributed by atoms with Crippen LogP contribution in [0.1, 0.15) is 11.1 Å². The van der Waals surface area contributed by atoms with Crippen LogP contribution in [0, 0.1) is 22.7 Å². The molecule has 4 rings (SSSR count). The average molecular weight is 387 g/mol. The minimum absolute atomic E-state index is 0.379. The van der Waals surface area contributed by atoms with Crippen molar-refractivity contribution in [3.05, 3.63) is 114 Å². The van der Waals surface area contributed by atoms with E-state index >= 15 is 0 Å². The summed E-state index contributed by atoms with van der Waals surface area (Å²) in [5.74, 6) is 1.06. The number of ether oxygens (including phenoxy) is 1. The summed E-state index contributed by atoms with van der Waals surface area (Å²) in [7, 11) is 0. The first-order valence-corrected chi connectivity index (χ1v) is 9.41. The fraction of sp³-hybridized carbons (Fsp3) is 0. The van der Waals surface area contributed by atoms with E-state index in [4.69, 9.17) is 4.74 Å². The second-order valence-electron chi connectivity index (χ2n) is 6.55. The first kappa shape index (κ1) is 18.8. The molecule has 4 nitrogen and oxygen atoms in total. The number of nitrogens with zero attached hydrogens (tertiary/aromatic N) is 3. The topological polar surface area (TPSA) is 60.1 Å². The molecule has 0 aliphatic heterocycles. The highest BCUT2D eigenvalue weighted by atomic mass is 16.5. The third-order valence-electron chi connectivity index (χ3n) is 4.53. The lowest BCUT2D eigenvalue weighted by molar-refractivity contribution is 0.483. The van der Waals surface area contributed by atoms with Gasteiger partial charge in [-0.25, -0.2) is 0 Å². The highest BCUT2D eigenvalue weighted by Crippen LogP contribution is 2.41. The molecule has 30 heavy (non-hydrogen) atoms. The minimum atomic E-state index is 0.379. The van der Waals surface area contributed by atoms with Crippen molar-refractivity contribution in [2.45, 2.75) is 0 Å². The molecule has 0 saturated heterocycles. The number of hydrogen-bond donors (Lipinski definition) is 0. The second kappa shape index (κ2) is 8.65. The van der Waals surface area contributed by atoms with Crippen molar-refractivity contribution < 1.29 is 4.74 Å². The van der Waals surface area contributed by atoms with Gasteiger partial charge in [0.2, 0.25) is 0 Å². The molecule has 0 radical (unpaired) electrons. The molecule has 0 unspecified atom stereocenters. The van der Waals surface area contributed by atoms with Gasteiger partial charge in [0, 0.05) is 11.4 Å². The SMILES string of the molecule is N#Cc1cc(C#N)cc(Oc2ccccc2N(c2ccccc2)c2ccccc2)c1. The summed E-state index contributed by atoms with van der Waals surface area (Å²) in [6, 6.07) is 36.7. The van der Waals surface area contributed by atoms with Gasteiger partial charge < -0.3 is 9.64 Å². The van der Waals surface area contributed by atoms with Gasteiger partial charge >= 0.3 is 0 Å². The Morgan fingerprint density at radius 1 is 0.600 bits per heavy atom. The molecule has 4 heteroatoms. The largest absolute Gasteiger partial charge is 0.455 e. The summed E-state index contributed by atoms with van der Waals surface area (Å²) >= 11 is 0. The van der Waals surface area contributed by atoms with Crippen molar-refractivity contribution in [2.75, 3.05) is 4.90 Å². The van der Waals surface area contributed by atoms with Crippen molar-refractivity contribution in [2.24, 2.45) is 0 Å². The van der Waals surface area contributed by atoms with E-state index in [0.29, 0.717) is 22.6 Å². The molecule has 0 N–H and O–H groups in total. The number of benzene rings is 4. The van der Waals surface area contributed by atoms with Crippen LogP contribution in [0.25, 0.3) is 0 Å². The standard InChI is InChI=1S/C26H17N3O/c27-18-20-15-21(19-28)17-24(16-20)30-26-14-8-7-13-25(26)29(22-9-3-1-4-10-22)23-11-5-2-6-12-23/h1-17H. The Morgan fingerprint density at radius 3 is 1.63 bits per heavy atom. The summed E-state index contributed by atoms with van der Waals surface area (Å²) in [6.07, 6.45) is 0. The van der Waals surface area contributed by atoms with E-state index in [1.54, 1.807) is 18.2 Å². The molecule has 0 saturated carbocycles. The van der Waals surface area contributed by atoms with Gasteiger partial charge in [0.25, 0.3) is 0 Å². The lowest BCUT2D eigenvalue weighted by Gasteiger charge is -2.27. The van der Waals surface area contributed by atoms with Crippen LogP contribution >= 0.6 is 0 Å². The zero-order valence-corrected chi connectivity index (χ0v) is 16.1. The van der Waals surface area contributed by atoms with Gasteiger partial charge in [0.05, 0.1) is 29.0 Å². The first-order chi connectivity index (χ1) is 14.8. The van der Waals surface area contributed by atoms with Crippen molar-refractivity contribution >= 4 is 17.1 Å². The van der Waals surface area contributed by atoms with Gasteiger partial charge in [-0.1, -0.05) is 48.5 Å². The highest BCUT2D eigenvalue weighted by molar-refractivity contribution is 5.80. The van der Waals surface area contributed by atoms with Crippen LogP contribution < -0.4 is 9.64 Å². The molecule has 4 aromatic carbocycles. The van der Waals surface area contributed by atoms with Gasteiger partial charge in [0.15, 0.2) is 5.75 Å². The second-order valence-corrected chi connectivity index (χ2v) is 6.55. The van der Waals surface area contributed by atoms with Crippen LogP contribution in [0.5, 0.6) is 11.5 Å². The van der Waals surface area contributed by atoms with E-state index < -0.39 is 0 Å². The third-order valence-corrected chi connectivity index (χ3v) is 4.53. The molecular weight excluding hydrogens is 370 g/mol. The molecule has 0 aliphatic rings. The van der Waals surface area contributed by atoms with E-state index in [-0.39, 0.29) is 0 Å². The molecule has 0 bridgehead atoms. The van der Waals surface area contributed by atoms with E-state index in [0.717, 1.165) is 17.1 Å². The van der Waals surface area contributed by atoms with Gasteiger partial charge in [-0.05, 0) is 54.6 Å². The van der Waals surface area contributed by atoms with Crippen LogP contribution in [0.15, 0.2) is 103 Å². The summed E-state index contributed by atoms with van der Waals surface area (Å²) in [6.45, 7) is 0. The summed E-state index contributed by atoms with van der Waals surface area (Å²) in [5.41, 5.74) is 3.58. The molecule has 0 spiro atoms. The monoisotopic (exact) mass is 387 g/mol. The Hall–Kier alpha value is -4.54. The quantitative estimate of drug-likeness (QED) is 0.383. The Morgan fingerprint density at radius 2 is 1.10 bits per heavy atom. The Labute approximate surface area is 175 Å². The molecule has 142 valence electrons. The molecule has 0 amide bonds. The molecule has 4 aromatic rings. The smallest absolute Gasteiger partial charge is 0.151 e. The van der Waals surface area contributed by atoms with E-state index in [2.05, 4.69) is 17.0 Å². The van der Waals surface area contributed by atoms with Crippen LogP contribution in [-0.4, -0.2) is 0 Å². The minimum Gasteiger partial charge on any atom is -0.455 e. The number of rotatable bonds is 5. The number of anilines is 3. The molecule has 0 aromatic heterocycles. The number of para-hydroxylation sites is 4. The molecule has 0 aliphatic carbocycles. The van der Waals surface area contributed by atoms with Gasteiger partial charge in [0.1, 0.15) is 5.75 Å². The summed E-state index contributed by atoms with van der Waals surface area (Å²) < 4.78 is 6.17. The van der Waals surface area contributed by atoms with Crippen LogP contribution in [0.3, 0.4) is 0 Å². The molecular formula is C26H17N3O. The summed E-state index contributed by atoms with van der Waals surface area (Å²) in [4.78, 5) is 2.11. The van der Waals surface area contributed by atoms with Crippen LogP contribution in [-0.2, 0) is 0 Å². The van der Waals surface area contributed by atoms with Crippen molar-refractivity contribution in [1.82, 2.24) is 0 Å². The van der Waals surface area contributed by atoms with Crippen LogP contribution in [0.2, 0.25) is 0 Å². The normalized spacial score (nSPS) is 9.93. The van der Waals surface area contributed by atoms with Crippen molar-refractivity contribution in [3.63, 3.8) is 0 Å². The number of hydrogen-bond acceptors (Lipinski definition) is 4. The zero-order valence-electron chi connectivity index (χ0n) is 16.1. The van der Waals surface area contributed by atoms with Gasteiger partial charge in [-0.15, -0.1) is 0 Å². The Bertz CT molecular complexity index is 1170. The predicted octanol–water partition coefficient (Wildman–Crippen LogP) is 6.69. The molecule has 0 heterocycles. The number of nitriles is 2. The maximum atomic E-state index is 9.27. The molecule has 0 atom stereocenters. The van der Waals surface area contributed by atoms with E-state index in [1.165, 1.54) is 0 Å².